The third-order valence-corrected chi connectivity index (χ3v) is 0.275. The molecule has 0 amide bonds. The molecule has 7 heavy (non-hydrogen) atoms. The van der Waals surface area contributed by atoms with Crippen LogP contribution < -0.4 is 0 Å². The van der Waals surface area contributed by atoms with Crippen molar-refractivity contribution in [2.45, 2.75) is 0 Å². The van der Waals surface area contributed by atoms with Crippen LogP contribution in [0.5, 0.6) is 0 Å². The lowest BCUT2D eigenvalue weighted by Gasteiger charge is -1.47. The Labute approximate surface area is 42.0 Å². The smallest absolute Gasteiger partial charge is 0.133 e. The van der Waals surface area contributed by atoms with Gasteiger partial charge in [-0.05, 0) is 17.8 Å². The van der Waals surface area contributed by atoms with Crippen LogP contribution >= 0.6 is 0 Å². The molecule has 32 valence electrons. The molecule has 0 rings (SSSR count). The lowest BCUT2D eigenvalue weighted by Crippen LogP contribution is -1.47. The highest BCUT2D eigenvalue weighted by atomic mass is 16.1. The van der Waals surface area contributed by atoms with Gasteiger partial charge in [-0.3, -0.25) is 0 Å². The molecule has 0 aliphatic carbocycles. The second-order valence-corrected chi connectivity index (χ2v) is 0.676. The highest BCUT2D eigenvalue weighted by Crippen LogP contribution is 1.49. The zero-order valence-electron chi connectivity index (χ0n) is 3.56. The van der Waals surface area contributed by atoms with Gasteiger partial charge in [0.2, 0.25) is 0 Å². The molecule has 0 bridgehead atoms. The molecule has 0 aromatic carbocycles. The van der Waals surface area contributed by atoms with Crippen LogP contribution in [-0.2, 0) is 4.79 Å². The molecule has 0 aliphatic rings. The van der Waals surface area contributed by atoms with Crippen molar-refractivity contribution in [3.63, 3.8) is 0 Å². The van der Waals surface area contributed by atoms with Crippen molar-refractivity contribution in [3.05, 3.63) is 6.08 Å². The van der Waals surface area contributed by atoms with Crippen LogP contribution in [0.1, 0.15) is 0 Å². The number of rotatable bonds is 0. The average molecular weight is 90.1 g/mol. The van der Waals surface area contributed by atoms with Gasteiger partial charge in [-0.1, -0.05) is 0 Å². The number of hydrogen-bond acceptors (Lipinski definition) is 1. The van der Waals surface area contributed by atoms with Crippen LogP contribution in [-0.4, -0.2) is 5.94 Å². The Balaban J connectivity index is 3.75. The van der Waals surface area contributed by atoms with Crippen LogP contribution in [0.4, 0.5) is 0 Å². The van der Waals surface area contributed by atoms with E-state index in [1.54, 1.807) is 0 Å². The highest BCUT2D eigenvalue weighted by Gasteiger charge is 1.49. The summed E-state index contributed by atoms with van der Waals surface area (Å²) < 4.78 is 0. The summed E-state index contributed by atoms with van der Waals surface area (Å²) in [5, 5.41) is 0. The van der Waals surface area contributed by atoms with Crippen LogP contribution in [0.15, 0.2) is 6.08 Å². The third-order valence-electron chi connectivity index (χ3n) is 0.275. The molecule has 0 spiro atoms. The quantitative estimate of drug-likeness (QED) is 0.302. The maximum atomic E-state index is 9.33. The SMILES string of the molecule is C#CC#CC=C=O. The van der Waals surface area contributed by atoms with Gasteiger partial charge in [0.1, 0.15) is 5.94 Å². The van der Waals surface area contributed by atoms with Crippen LogP contribution in [0.3, 0.4) is 0 Å². The first-order chi connectivity index (χ1) is 3.41. The van der Waals surface area contributed by atoms with E-state index < -0.39 is 0 Å². The predicted octanol–water partition coefficient (Wildman–Crippen LogP) is 0.0108. The summed E-state index contributed by atoms with van der Waals surface area (Å²) in [6.07, 6.45) is 5.72. The molecular formula is C6H2O. The molecule has 0 fully saturated rings. The van der Waals surface area contributed by atoms with Gasteiger partial charge in [0.05, 0.1) is 6.08 Å². The van der Waals surface area contributed by atoms with Gasteiger partial charge in [0.15, 0.2) is 0 Å². The Morgan fingerprint density at radius 2 is 2.29 bits per heavy atom. The Hall–Kier alpha value is -1.43. The summed E-state index contributed by atoms with van der Waals surface area (Å²) in [7, 11) is 0. The minimum atomic E-state index is 1.03. The molecular weight excluding hydrogens is 88.1 g/mol. The summed E-state index contributed by atoms with van der Waals surface area (Å²) in [5.74, 6) is 7.95. The van der Waals surface area contributed by atoms with Crippen molar-refractivity contribution in [1.29, 1.82) is 0 Å². The predicted molar refractivity (Wildman–Crippen MR) is 26.9 cm³/mol. The number of allylic oxidation sites excluding steroid dienone is 1. The molecule has 0 radical (unpaired) electrons. The van der Waals surface area contributed by atoms with Gasteiger partial charge in [0, 0.05) is 0 Å². The first-order valence-corrected chi connectivity index (χ1v) is 1.57. The molecule has 0 N–H and O–H groups in total. The second-order valence-electron chi connectivity index (χ2n) is 0.676. The van der Waals surface area contributed by atoms with Crippen molar-refractivity contribution in [2.75, 3.05) is 0 Å². The lowest BCUT2D eigenvalue weighted by molar-refractivity contribution is 0.569. The number of hydrogen-bond donors (Lipinski definition) is 0. The molecule has 1 heteroatoms. The molecule has 0 aromatic rings. The van der Waals surface area contributed by atoms with Crippen LogP contribution in [0, 0.1) is 24.2 Å². The van der Waals surface area contributed by atoms with E-state index in [0.717, 1.165) is 6.08 Å². The van der Waals surface area contributed by atoms with Crippen molar-refractivity contribution in [3.8, 4) is 24.2 Å². The molecule has 0 saturated heterocycles. The van der Waals surface area contributed by atoms with Crippen LogP contribution in [0.25, 0.3) is 0 Å². The maximum absolute atomic E-state index is 9.33. The monoisotopic (exact) mass is 90.0 g/mol. The van der Waals surface area contributed by atoms with E-state index in [2.05, 4.69) is 11.8 Å². The lowest BCUT2D eigenvalue weighted by atomic mass is 10.6. The Kier molecular flexibility index (Phi) is 3.64. The van der Waals surface area contributed by atoms with Crippen molar-refractivity contribution >= 4 is 5.94 Å². The number of carbonyl (C=O) groups excluding carboxylic acids is 1. The zero-order valence-corrected chi connectivity index (χ0v) is 3.56. The van der Waals surface area contributed by atoms with Gasteiger partial charge >= 0.3 is 0 Å². The maximum Gasteiger partial charge on any atom is 0.133 e. The van der Waals surface area contributed by atoms with Gasteiger partial charge in [-0.25, -0.2) is 4.79 Å². The highest BCUT2D eigenvalue weighted by molar-refractivity contribution is 5.52. The first-order valence-electron chi connectivity index (χ1n) is 1.57. The van der Waals surface area contributed by atoms with E-state index in [9.17, 15) is 4.79 Å². The second kappa shape index (κ2) is 4.57. The summed E-state index contributed by atoms with van der Waals surface area (Å²) in [5.41, 5.74) is 0. The van der Waals surface area contributed by atoms with Gasteiger partial charge < -0.3 is 0 Å². The minimum absolute atomic E-state index is 1.03. The molecule has 0 heterocycles. The van der Waals surface area contributed by atoms with Gasteiger partial charge in [0.25, 0.3) is 0 Å². The normalized spacial score (nSPS) is 3.86. The van der Waals surface area contributed by atoms with E-state index in [0.29, 0.717) is 0 Å². The summed E-state index contributed by atoms with van der Waals surface area (Å²) >= 11 is 0. The van der Waals surface area contributed by atoms with E-state index in [1.807, 2.05) is 5.92 Å². The Morgan fingerprint density at radius 1 is 1.57 bits per heavy atom. The minimum Gasteiger partial charge on any atom is -0.233 e. The fourth-order valence-electron chi connectivity index (χ4n) is 0.107. The molecule has 0 aromatic heterocycles. The number of terminal acetylenes is 1. The van der Waals surface area contributed by atoms with Crippen molar-refractivity contribution in [2.24, 2.45) is 0 Å². The van der Waals surface area contributed by atoms with Crippen molar-refractivity contribution < 1.29 is 4.79 Å². The first kappa shape index (κ1) is 5.57. The topological polar surface area (TPSA) is 17.1 Å². The Bertz CT molecular complexity index is 178. The molecule has 1 nitrogen and oxygen atoms in total. The van der Waals surface area contributed by atoms with E-state index in [-0.39, 0.29) is 0 Å². The third kappa shape index (κ3) is 4.57. The van der Waals surface area contributed by atoms with Crippen LogP contribution in [0.2, 0.25) is 0 Å². The largest absolute Gasteiger partial charge is 0.233 e. The van der Waals surface area contributed by atoms with Crippen molar-refractivity contribution in [1.82, 2.24) is 0 Å². The molecule has 0 unspecified atom stereocenters. The van der Waals surface area contributed by atoms with E-state index in [1.165, 1.54) is 5.94 Å². The summed E-state index contributed by atoms with van der Waals surface area (Å²) in [4.78, 5) is 9.33. The van der Waals surface area contributed by atoms with Gasteiger partial charge in [-0.2, -0.15) is 0 Å². The Morgan fingerprint density at radius 3 is 2.71 bits per heavy atom. The fraction of sp³-hybridized carbons (Fsp3) is 0. The summed E-state index contributed by atoms with van der Waals surface area (Å²) in [6.45, 7) is 0. The fourth-order valence-corrected chi connectivity index (χ4v) is 0.107. The standard InChI is InChI=1S/C6H2O/c1-2-3-4-5-6-7/h1,5H. The van der Waals surface area contributed by atoms with Gasteiger partial charge in [-0.15, -0.1) is 6.42 Å². The molecule has 0 atom stereocenters. The summed E-state index contributed by atoms with van der Waals surface area (Å²) in [6, 6.07) is 0. The molecule has 0 saturated carbocycles. The van der Waals surface area contributed by atoms with E-state index in [4.69, 9.17) is 6.42 Å². The average Bonchev–Trinajstić information content (AvgIpc) is 1.69. The van der Waals surface area contributed by atoms with E-state index >= 15 is 0 Å². The molecule has 0 aliphatic heterocycles. The zero-order chi connectivity index (χ0) is 5.54.